The molecule has 2 aliphatic carbocycles. The van der Waals surface area contributed by atoms with Gasteiger partial charge in [-0.05, 0) is 57.3 Å². The third-order valence-corrected chi connectivity index (χ3v) is 4.95. The third kappa shape index (κ3) is 3.90. The van der Waals surface area contributed by atoms with Crippen LogP contribution in [0.5, 0.6) is 0 Å². The molecule has 0 spiro atoms. The van der Waals surface area contributed by atoms with Crippen LogP contribution in [0.2, 0.25) is 0 Å². The first-order valence-corrected chi connectivity index (χ1v) is 7.70. The second-order valence-electron chi connectivity index (χ2n) is 6.67. The summed E-state index contributed by atoms with van der Waals surface area (Å²) in [7, 11) is 0. The van der Waals surface area contributed by atoms with Crippen LogP contribution in [-0.2, 0) is 14.4 Å². The Balaban J connectivity index is 1.76. The number of hydrogen-bond acceptors (Lipinski definition) is 3. The van der Waals surface area contributed by atoms with Gasteiger partial charge in [0.05, 0.1) is 5.92 Å². The Morgan fingerprint density at radius 3 is 2.00 bits per heavy atom. The fourth-order valence-electron chi connectivity index (χ4n) is 3.90. The highest BCUT2D eigenvalue weighted by atomic mass is 16.4. The van der Waals surface area contributed by atoms with Crippen LogP contribution in [0, 0.1) is 23.7 Å². The predicted octanol–water partition coefficient (Wildman–Crippen LogP) is 2.84. The second kappa shape index (κ2) is 6.51. The van der Waals surface area contributed by atoms with Crippen molar-refractivity contribution >= 4 is 17.5 Å². The van der Waals surface area contributed by atoms with E-state index >= 15 is 0 Å². The molecule has 1 N–H and O–H groups in total. The van der Waals surface area contributed by atoms with Gasteiger partial charge >= 0.3 is 5.97 Å². The maximum Gasteiger partial charge on any atom is 0.306 e. The van der Waals surface area contributed by atoms with Gasteiger partial charge in [-0.15, -0.1) is 0 Å². The molecule has 0 aliphatic heterocycles. The van der Waals surface area contributed by atoms with Gasteiger partial charge in [0.25, 0.3) is 0 Å². The van der Waals surface area contributed by atoms with Gasteiger partial charge in [0.15, 0.2) is 0 Å². The van der Waals surface area contributed by atoms with Crippen molar-refractivity contribution in [2.45, 2.75) is 58.3 Å². The summed E-state index contributed by atoms with van der Waals surface area (Å²) in [5.74, 6) is 0.301. The number of carboxylic acid groups (broad SMARTS) is 1. The summed E-state index contributed by atoms with van der Waals surface area (Å²) in [6, 6.07) is 0. The number of Topliss-reactive ketones (excluding diaryl/α,β-unsaturated/α-hetero) is 2. The Morgan fingerprint density at radius 1 is 0.900 bits per heavy atom. The molecule has 0 aromatic rings. The standard InChI is InChI=1S/C16H24O4/c1-10(17)6-11-2-4-13(7-11)15(18)9-12-3-5-14(8-12)16(19)20/h11-14H,2-9H2,1H3,(H,19,20). The quantitative estimate of drug-likeness (QED) is 0.812. The predicted molar refractivity (Wildman–Crippen MR) is 74.2 cm³/mol. The zero-order valence-corrected chi connectivity index (χ0v) is 12.1. The lowest BCUT2D eigenvalue weighted by Crippen LogP contribution is -2.16. The number of carbonyl (C=O) groups is 3. The molecule has 4 unspecified atom stereocenters. The van der Waals surface area contributed by atoms with Gasteiger partial charge in [0, 0.05) is 18.8 Å². The number of ketones is 2. The molecule has 0 aromatic carbocycles. The van der Waals surface area contributed by atoms with Gasteiger partial charge in [-0.2, -0.15) is 0 Å². The van der Waals surface area contributed by atoms with Crippen LogP contribution in [0.25, 0.3) is 0 Å². The van der Waals surface area contributed by atoms with Gasteiger partial charge in [-0.3, -0.25) is 9.59 Å². The van der Waals surface area contributed by atoms with E-state index in [1.165, 1.54) is 0 Å². The summed E-state index contributed by atoms with van der Waals surface area (Å²) < 4.78 is 0. The molecule has 0 radical (unpaired) electrons. The van der Waals surface area contributed by atoms with E-state index in [2.05, 4.69) is 0 Å². The summed E-state index contributed by atoms with van der Waals surface area (Å²) >= 11 is 0. The molecule has 4 nitrogen and oxygen atoms in total. The molecule has 2 saturated carbocycles. The number of carbonyl (C=O) groups excluding carboxylic acids is 2. The lowest BCUT2D eigenvalue weighted by molar-refractivity contribution is -0.141. The normalized spacial score (nSPS) is 33.2. The van der Waals surface area contributed by atoms with Gasteiger partial charge in [-0.1, -0.05) is 0 Å². The fourth-order valence-corrected chi connectivity index (χ4v) is 3.90. The van der Waals surface area contributed by atoms with E-state index in [4.69, 9.17) is 5.11 Å². The monoisotopic (exact) mass is 280 g/mol. The van der Waals surface area contributed by atoms with E-state index in [1.807, 2.05) is 0 Å². The van der Waals surface area contributed by atoms with Crippen LogP contribution in [-0.4, -0.2) is 22.6 Å². The maximum atomic E-state index is 12.3. The highest BCUT2D eigenvalue weighted by Gasteiger charge is 2.35. The van der Waals surface area contributed by atoms with E-state index in [9.17, 15) is 14.4 Å². The number of hydrogen-bond donors (Lipinski definition) is 1. The molecule has 0 aromatic heterocycles. The molecule has 0 heterocycles. The largest absolute Gasteiger partial charge is 0.481 e. The smallest absolute Gasteiger partial charge is 0.306 e. The Labute approximate surface area is 119 Å². The first kappa shape index (κ1) is 15.2. The Kier molecular flexibility index (Phi) is 4.95. The Hall–Kier alpha value is -1.19. The minimum Gasteiger partial charge on any atom is -0.481 e. The summed E-state index contributed by atoms with van der Waals surface area (Å²) in [6.45, 7) is 1.61. The van der Waals surface area contributed by atoms with E-state index in [0.717, 1.165) is 25.7 Å². The third-order valence-electron chi connectivity index (χ3n) is 4.95. The molecular formula is C16H24O4. The Bertz CT molecular complexity index is 401. The lowest BCUT2D eigenvalue weighted by atomic mass is 9.90. The first-order valence-electron chi connectivity index (χ1n) is 7.70. The zero-order valence-electron chi connectivity index (χ0n) is 12.1. The van der Waals surface area contributed by atoms with Gasteiger partial charge < -0.3 is 9.90 Å². The van der Waals surface area contributed by atoms with E-state index in [0.29, 0.717) is 37.4 Å². The summed E-state index contributed by atoms with van der Waals surface area (Å²) in [5.41, 5.74) is 0. The zero-order chi connectivity index (χ0) is 14.7. The first-order chi connectivity index (χ1) is 9.45. The minimum absolute atomic E-state index is 0.114. The second-order valence-corrected chi connectivity index (χ2v) is 6.67. The van der Waals surface area contributed by atoms with E-state index < -0.39 is 5.97 Å². The molecule has 0 saturated heterocycles. The summed E-state index contributed by atoms with van der Waals surface area (Å²) in [4.78, 5) is 34.3. The van der Waals surface area contributed by atoms with E-state index in [1.54, 1.807) is 6.92 Å². The molecule has 20 heavy (non-hydrogen) atoms. The van der Waals surface area contributed by atoms with Crippen LogP contribution in [0.3, 0.4) is 0 Å². The number of rotatable bonds is 6. The molecule has 2 aliphatic rings. The van der Waals surface area contributed by atoms with Crippen molar-refractivity contribution in [1.82, 2.24) is 0 Å². The van der Waals surface area contributed by atoms with Crippen LogP contribution >= 0.6 is 0 Å². The van der Waals surface area contributed by atoms with Crippen LogP contribution in [0.15, 0.2) is 0 Å². The molecular weight excluding hydrogens is 256 g/mol. The molecule has 4 atom stereocenters. The number of aliphatic carboxylic acids is 1. The van der Waals surface area contributed by atoms with Crippen molar-refractivity contribution in [3.63, 3.8) is 0 Å². The van der Waals surface area contributed by atoms with Crippen LogP contribution in [0.1, 0.15) is 58.3 Å². The van der Waals surface area contributed by atoms with Crippen LogP contribution in [0.4, 0.5) is 0 Å². The van der Waals surface area contributed by atoms with Crippen molar-refractivity contribution < 1.29 is 19.5 Å². The average molecular weight is 280 g/mol. The SMILES string of the molecule is CC(=O)CC1CCC(C(=O)CC2CCC(C(=O)O)C2)C1. The van der Waals surface area contributed by atoms with Crippen LogP contribution < -0.4 is 0 Å². The maximum absolute atomic E-state index is 12.3. The molecule has 2 rings (SSSR count). The highest BCUT2D eigenvalue weighted by molar-refractivity contribution is 5.82. The van der Waals surface area contributed by atoms with Crippen molar-refractivity contribution in [3.05, 3.63) is 0 Å². The van der Waals surface area contributed by atoms with Gasteiger partial charge in [0.1, 0.15) is 11.6 Å². The molecule has 0 bridgehead atoms. The Morgan fingerprint density at radius 2 is 1.45 bits per heavy atom. The van der Waals surface area contributed by atoms with Crippen molar-refractivity contribution in [3.8, 4) is 0 Å². The van der Waals surface area contributed by atoms with Crippen molar-refractivity contribution in [2.24, 2.45) is 23.7 Å². The van der Waals surface area contributed by atoms with Gasteiger partial charge in [-0.25, -0.2) is 0 Å². The molecule has 0 amide bonds. The molecule has 4 heteroatoms. The summed E-state index contributed by atoms with van der Waals surface area (Å²) in [5, 5.41) is 8.98. The van der Waals surface area contributed by atoms with Gasteiger partial charge in [0.2, 0.25) is 0 Å². The molecule has 2 fully saturated rings. The van der Waals surface area contributed by atoms with E-state index in [-0.39, 0.29) is 23.5 Å². The lowest BCUT2D eigenvalue weighted by Gasteiger charge is -2.13. The summed E-state index contributed by atoms with van der Waals surface area (Å²) in [6.07, 6.45) is 6.13. The van der Waals surface area contributed by atoms with Crippen molar-refractivity contribution in [1.29, 1.82) is 0 Å². The minimum atomic E-state index is -0.720. The van der Waals surface area contributed by atoms with Crippen molar-refractivity contribution in [2.75, 3.05) is 0 Å². The topological polar surface area (TPSA) is 71.4 Å². The fraction of sp³-hybridized carbons (Fsp3) is 0.812. The highest BCUT2D eigenvalue weighted by Crippen LogP contribution is 2.38. The molecule has 112 valence electrons. The number of carboxylic acids is 1. The average Bonchev–Trinajstić information content (AvgIpc) is 2.97.